The van der Waals surface area contributed by atoms with Crippen LogP contribution in [0, 0.1) is 12.7 Å². The van der Waals surface area contributed by atoms with E-state index < -0.39 is 5.82 Å². The van der Waals surface area contributed by atoms with Crippen LogP contribution in [0.3, 0.4) is 0 Å². The van der Waals surface area contributed by atoms with Crippen LogP contribution in [-0.4, -0.2) is 4.98 Å². The van der Waals surface area contributed by atoms with Gasteiger partial charge in [-0.2, -0.15) is 0 Å². The number of halogens is 2. The topological polar surface area (TPSA) is 24.9 Å². The summed E-state index contributed by atoms with van der Waals surface area (Å²) in [6.45, 7) is 2.01. The molecular formula is C14H10ClFN2S. The molecule has 0 radical (unpaired) electrons. The average molecular weight is 293 g/mol. The van der Waals surface area contributed by atoms with Crippen LogP contribution in [0.5, 0.6) is 0 Å². The van der Waals surface area contributed by atoms with Crippen molar-refractivity contribution < 1.29 is 4.39 Å². The van der Waals surface area contributed by atoms with Crippen LogP contribution < -0.4 is 5.32 Å². The van der Waals surface area contributed by atoms with Crippen molar-refractivity contribution in [1.82, 2.24) is 4.98 Å². The van der Waals surface area contributed by atoms with Gasteiger partial charge in [-0.05, 0) is 30.7 Å². The number of anilines is 2. The molecule has 1 heterocycles. The zero-order valence-electron chi connectivity index (χ0n) is 10.1. The fourth-order valence-electron chi connectivity index (χ4n) is 1.86. The summed E-state index contributed by atoms with van der Waals surface area (Å²) in [5.41, 5.74) is 2.38. The van der Waals surface area contributed by atoms with Crippen molar-refractivity contribution in [3.05, 3.63) is 52.8 Å². The fourth-order valence-corrected chi connectivity index (χ4v) is 2.99. The van der Waals surface area contributed by atoms with Crippen LogP contribution in [0.25, 0.3) is 10.2 Å². The largest absolute Gasteiger partial charge is 0.329 e. The maximum Gasteiger partial charge on any atom is 0.188 e. The predicted molar refractivity (Wildman–Crippen MR) is 79.0 cm³/mol. The zero-order valence-corrected chi connectivity index (χ0v) is 11.6. The second kappa shape index (κ2) is 4.79. The lowest BCUT2D eigenvalue weighted by Gasteiger charge is -2.04. The Labute approximate surface area is 118 Å². The highest BCUT2D eigenvalue weighted by Crippen LogP contribution is 2.31. The Kier molecular flexibility index (Phi) is 3.12. The van der Waals surface area contributed by atoms with Gasteiger partial charge in [-0.1, -0.05) is 41.1 Å². The lowest BCUT2D eigenvalue weighted by Crippen LogP contribution is -1.93. The Bertz CT molecular complexity index is 754. The Morgan fingerprint density at radius 2 is 2.00 bits per heavy atom. The third kappa shape index (κ3) is 2.29. The highest BCUT2D eigenvalue weighted by atomic mass is 35.5. The van der Waals surface area contributed by atoms with Crippen molar-refractivity contribution in [1.29, 1.82) is 0 Å². The Morgan fingerprint density at radius 1 is 1.21 bits per heavy atom. The molecule has 2 aromatic carbocycles. The predicted octanol–water partition coefficient (Wildman–Crippen LogP) is 5.14. The molecule has 0 unspecified atom stereocenters. The highest BCUT2D eigenvalue weighted by Gasteiger charge is 2.10. The summed E-state index contributed by atoms with van der Waals surface area (Å²) in [4.78, 5) is 4.48. The Hall–Kier alpha value is -1.65. The first-order valence-electron chi connectivity index (χ1n) is 5.72. The molecule has 3 aromatic rings. The number of rotatable bonds is 2. The molecule has 0 spiro atoms. The summed E-state index contributed by atoms with van der Waals surface area (Å²) in [6, 6.07) is 10.8. The minimum absolute atomic E-state index is 0.0993. The minimum atomic E-state index is -0.458. The number of hydrogen-bond acceptors (Lipinski definition) is 3. The maximum atomic E-state index is 13.8. The Balaban J connectivity index is 2.02. The summed E-state index contributed by atoms with van der Waals surface area (Å²) >= 11 is 7.24. The van der Waals surface area contributed by atoms with Gasteiger partial charge >= 0.3 is 0 Å². The molecule has 0 fully saturated rings. The lowest BCUT2D eigenvalue weighted by atomic mass is 10.2. The Morgan fingerprint density at radius 3 is 2.79 bits per heavy atom. The van der Waals surface area contributed by atoms with E-state index in [9.17, 15) is 4.39 Å². The average Bonchev–Trinajstić information content (AvgIpc) is 2.79. The smallest absolute Gasteiger partial charge is 0.188 e. The number of aromatic nitrogens is 1. The molecule has 0 aliphatic rings. The van der Waals surface area contributed by atoms with Crippen LogP contribution in [0.1, 0.15) is 5.56 Å². The summed E-state index contributed by atoms with van der Waals surface area (Å²) < 4.78 is 14.9. The van der Waals surface area contributed by atoms with Gasteiger partial charge in [0.25, 0.3) is 0 Å². The van der Waals surface area contributed by atoms with Gasteiger partial charge in [-0.25, -0.2) is 9.37 Å². The van der Waals surface area contributed by atoms with E-state index in [1.807, 2.05) is 25.1 Å². The SMILES string of the molecule is Cc1cccc2sc(Nc3cccc(Cl)c3F)nc12. The monoisotopic (exact) mass is 292 g/mol. The summed E-state index contributed by atoms with van der Waals surface area (Å²) in [5.74, 6) is -0.458. The first-order valence-corrected chi connectivity index (χ1v) is 6.92. The molecule has 19 heavy (non-hydrogen) atoms. The van der Waals surface area contributed by atoms with Gasteiger partial charge in [-0.15, -0.1) is 0 Å². The van der Waals surface area contributed by atoms with Gasteiger partial charge in [0.1, 0.15) is 0 Å². The highest BCUT2D eigenvalue weighted by molar-refractivity contribution is 7.22. The first-order chi connectivity index (χ1) is 9.15. The van der Waals surface area contributed by atoms with Crippen molar-refractivity contribution in [2.75, 3.05) is 5.32 Å². The third-order valence-corrected chi connectivity index (χ3v) is 4.04. The summed E-state index contributed by atoms with van der Waals surface area (Å²) in [7, 11) is 0. The molecule has 1 aromatic heterocycles. The standard InChI is InChI=1S/C14H10ClFN2S/c1-8-4-2-7-11-13(8)18-14(19-11)17-10-6-3-5-9(15)12(10)16/h2-7H,1H3,(H,17,18). The fraction of sp³-hybridized carbons (Fsp3) is 0.0714. The summed E-state index contributed by atoms with van der Waals surface area (Å²) in [5, 5.41) is 3.73. The number of nitrogens with one attached hydrogen (secondary N) is 1. The number of benzene rings is 2. The molecule has 96 valence electrons. The molecule has 0 bridgehead atoms. The van der Waals surface area contributed by atoms with Crippen molar-refractivity contribution in [2.24, 2.45) is 0 Å². The number of nitrogens with zero attached hydrogens (tertiary/aromatic N) is 1. The van der Waals surface area contributed by atoms with Crippen molar-refractivity contribution >= 4 is 44.0 Å². The lowest BCUT2D eigenvalue weighted by molar-refractivity contribution is 0.632. The van der Waals surface area contributed by atoms with E-state index in [0.717, 1.165) is 15.8 Å². The van der Waals surface area contributed by atoms with Crippen LogP contribution in [0.15, 0.2) is 36.4 Å². The molecule has 1 N–H and O–H groups in total. The van der Waals surface area contributed by atoms with Crippen molar-refractivity contribution in [3.63, 3.8) is 0 Å². The van der Waals surface area contributed by atoms with Gasteiger partial charge in [0.2, 0.25) is 0 Å². The quantitative estimate of drug-likeness (QED) is 0.707. The van der Waals surface area contributed by atoms with Gasteiger partial charge in [-0.3, -0.25) is 0 Å². The molecule has 2 nitrogen and oxygen atoms in total. The van der Waals surface area contributed by atoms with Crippen LogP contribution in [0.2, 0.25) is 5.02 Å². The molecule has 0 saturated carbocycles. The van der Waals surface area contributed by atoms with Gasteiger partial charge < -0.3 is 5.32 Å². The van der Waals surface area contributed by atoms with Crippen molar-refractivity contribution in [3.8, 4) is 0 Å². The number of hydrogen-bond donors (Lipinski definition) is 1. The number of aryl methyl sites for hydroxylation is 1. The molecule has 3 rings (SSSR count). The summed E-state index contributed by atoms with van der Waals surface area (Å²) in [6.07, 6.45) is 0. The van der Waals surface area contributed by atoms with E-state index in [-0.39, 0.29) is 5.02 Å². The second-order valence-corrected chi connectivity index (χ2v) is 5.60. The van der Waals surface area contributed by atoms with Crippen LogP contribution >= 0.6 is 22.9 Å². The molecule has 5 heteroatoms. The normalized spacial score (nSPS) is 10.9. The van der Waals surface area contributed by atoms with E-state index in [1.54, 1.807) is 12.1 Å². The number of thiazole rings is 1. The molecule has 0 aliphatic heterocycles. The zero-order chi connectivity index (χ0) is 13.4. The minimum Gasteiger partial charge on any atom is -0.329 e. The number of para-hydroxylation sites is 1. The molecule has 0 atom stereocenters. The molecule has 0 amide bonds. The maximum absolute atomic E-state index is 13.8. The van der Waals surface area contributed by atoms with Crippen molar-refractivity contribution in [2.45, 2.75) is 6.92 Å². The molecule has 0 saturated heterocycles. The molecule has 0 aliphatic carbocycles. The van der Waals surface area contributed by atoms with Gasteiger partial charge in [0.15, 0.2) is 10.9 Å². The first kappa shape index (κ1) is 12.4. The van der Waals surface area contributed by atoms with E-state index in [4.69, 9.17) is 11.6 Å². The number of fused-ring (bicyclic) bond motifs is 1. The third-order valence-electron chi connectivity index (χ3n) is 2.81. The van der Waals surface area contributed by atoms with E-state index >= 15 is 0 Å². The van der Waals surface area contributed by atoms with Gasteiger partial charge in [0.05, 0.1) is 20.9 Å². The van der Waals surface area contributed by atoms with Crippen LogP contribution in [-0.2, 0) is 0 Å². The van der Waals surface area contributed by atoms with E-state index in [1.165, 1.54) is 17.4 Å². The molecular weight excluding hydrogens is 283 g/mol. The van der Waals surface area contributed by atoms with E-state index in [2.05, 4.69) is 10.3 Å². The van der Waals surface area contributed by atoms with Crippen LogP contribution in [0.4, 0.5) is 15.2 Å². The van der Waals surface area contributed by atoms with E-state index in [0.29, 0.717) is 10.8 Å². The second-order valence-electron chi connectivity index (χ2n) is 4.17. The van der Waals surface area contributed by atoms with Gasteiger partial charge in [0, 0.05) is 0 Å².